The van der Waals surface area contributed by atoms with Crippen molar-refractivity contribution in [2.75, 3.05) is 12.8 Å². The summed E-state index contributed by atoms with van der Waals surface area (Å²) >= 11 is 2.25. The normalized spacial score (nSPS) is 10.2. The first-order valence-electron chi connectivity index (χ1n) is 5.42. The fraction of sp³-hybridized carbons (Fsp3) is 0.0833. The van der Waals surface area contributed by atoms with Crippen LogP contribution in [0.3, 0.4) is 0 Å². The van der Waals surface area contributed by atoms with E-state index in [1.807, 2.05) is 0 Å². The predicted octanol–water partition coefficient (Wildman–Crippen LogP) is 3.18. The van der Waals surface area contributed by atoms with Crippen LogP contribution < -0.4 is 5.73 Å². The molecule has 0 bridgehead atoms. The highest BCUT2D eigenvalue weighted by Gasteiger charge is 2.18. The number of carbonyl (C=O) groups is 1. The quantitative estimate of drug-likeness (QED) is 0.529. The molecule has 0 saturated carbocycles. The van der Waals surface area contributed by atoms with E-state index >= 15 is 0 Å². The van der Waals surface area contributed by atoms with E-state index in [4.69, 9.17) is 5.73 Å². The second-order valence-corrected chi connectivity index (χ2v) is 5.83. The average molecular weight is 310 g/mol. The average Bonchev–Trinajstić information content (AvgIpc) is 2.79. The maximum absolute atomic E-state index is 11.4. The molecule has 0 radical (unpaired) electrons. The van der Waals surface area contributed by atoms with E-state index in [-0.39, 0.29) is 5.69 Å². The minimum Gasteiger partial charge on any atom is -0.465 e. The first-order valence-corrected chi connectivity index (χ1v) is 7.05. The van der Waals surface area contributed by atoms with Gasteiger partial charge in [-0.2, -0.15) is 0 Å². The Kier molecular flexibility index (Phi) is 4.26. The number of benzene rings is 1. The van der Waals surface area contributed by atoms with Crippen molar-refractivity contribution in [2.45, 2.75) is 9.79 Å². The first kappa shape index (κ1) is 14.4. The zero-order valence-corrected chi connectivity index (χ0v) is 12.0. The highest BCUT2D eigenvalue weighted by Crippen LogP contribution is 2.41. The molecule has 1 heterocycles. The minimum atomic E-state index is -0.476. The van der Waals surface area contributed by atoms with Gasteiger partial charge in [0, 0.05) is 11.0 Å². The summed E-state index contributed by atoms with van der Waals surface area (Å²) in [7, 11) is 1.28. The third kappa shape index (κ3) is 2.91. The second-order valence-electron chi connectivity index (χ2n) is 3.66. The number of hydrogen-bond acceptors (Lipinski definition) is 7. The molecule has 6 nitrogen and oxygen atoms in total. The number of nitrogens with two attached hydrogens (primary N) is 1. The number of methoxy groups -OCH3 is 1. The number of carbonyl (C=O) groups excluding carboxylic acids is 1. The van der Waals surface area contributed by atoms with Gasteiger partial charge in [0.05, 0.1) is 16.9 Å². The summed E-state index contributed by atoms with van der Waals surface area (Å²) in [6, 6.07) is 7.94. The fourth-order valence-electron chi connectivity index (χ4n) is 1.48. The number of nitrogens with zero attached hydrogens (tertiary/aromatic N) is 1. The fourth-order valence-corrected chi connectivity index (χ4v) is 3.45. The van der Waals surface area contributed by atoms with E-state index in [0.29, 0.717) is 19.7 Å². The number of nitro benzene ring substituents is 1. The van der Waals surface area contributed by atoms with E-state index in [0.717, 1.165) is 23.1 Å². The molecule has 0 aliphatic carbocycles. The lowest BCUT2D eigenvalue weighted by molar-refractivity contribution is -0.387. The third-order valence-corrected chi connectivity index (χ3v) is 4.59. The van der Waals surface area contributed by atoms with Gasteiger partial charge in [-0.15, -0.1) is 11.3 Å². The molecular weight excluding hydrogens is 300 g/mol. The molecule has 0 aliphatic rings. The van der Waals surface area contributed by atoms with Crippen molar-refractivity contribution >= 4 is 39.8 Å². The molecule has 2 N–H and O–H groups in total. The highest BCUT2D eigenvalue weighted by atomic mass is 32.2. The summed E-state index contributed by atoms with van der Waals surface area (Å²) in [5.41, 5.74) is 5.83. The van der Waals surface area contributed by atoms with Crippen LogP contribution in [0, 0.1) is 10.1 Å². The molecule has 0 saturated heterocycles. The molecule has 0 amide bonds. The Bertz CT molecular complexity index is 669. The van der Waals surface area contributed by atoms with Crippen molar-refractivity contribution in [3.63, 3.8) is 0 Å². The van der Waals surface area contributed by atoms with Gasteiger partial charge >= 0.3 is 5.97 Å². The number of esters is 1. The Hall–Kier alpha value is -2.06. The van der Waals surface area contributed by atoms with E-state index in [1.54, 1.807) is 24.3 Å². The Balaban J connectivity index is 2.33. The number of rotatable bonds is 4. The van der Waals surface area contributed by atoms with Crippen LogP contribution >= 0.6 is 23.1 Å². The van der Waals surface area contributed by atoms with Crippen molar-refractivity contribution in [2.24, 2.45) is 0 Å². The number of nitrogen functional groups attached to an aromatic ring is 1. The molecule has 0 atom stereocenters. The smallest absolute Gasteiger partial charge is 0.348 e. The van der Waals surface area contributed by atoms with E-state index in [9.17, 15) is 14.9 Å². The summed E-state index contributed by atoms with van der Waals surface area (Å²) in [5, 5.41) is 11.4. The molecule has 0 aliphatic heterocycles. The van der Waals surface area contributed by atoms with Crippen LogP contribution in [0.15, 0.2) is 40.1 Å². The summed E-state index contributed by atoms with van der Waals surface area (Å²) in [6.45, 7) is 0. The van der Waals surface area contributed by atoms with Crippen LogP contribution in [0.4, 0.5) is 10.7 Å². The molecular formula is C12H10N2O4S2. The molecule has 2 aromatic rings. The Morgan fingerprint density at radius 2 is 2.10 bits per heavy atom. The molecule has 2 rings (SSSR count). The molecule has 8 heteroatoms. The van der Waals surface area contributed by atoms with Gasteiger partial charge in [-0.3, -0.25) is 10.1 Å². The topological polar surface area (TPSA) is 95.5 Å². The monoisotopic (exact) mass is 310 g/mol. The van der Waals surface area contributed by atoms with Gasteiger partial charge < -0.3 is 10.5 Å². The summed E-state index contributed by atoms with van der Waals surface area (Å²) in [6.07, 6.45) is 0. The van der Waals surface area contributed by atoms with Gasteiger partial charge in [-0.25, -0.2) is 4.79 Å². The number of para-hydroxylation sites is 1. The number of anilines is 1. The van der Waals surface area contributed by atoms with Crippen LogP contribution in [0.25, 0.3) is 0 Å². The van der Waals surface area contributed by atoms with E-state index < -0.39 is 10.9 Å². The summed E-state index contributed by atoms with van der Waals surface area (Å²) in [4.78, 5) is 23.4. The van der Waals surface area contributed by atoms with Crippen molar-refractivity contribution in [1.29, 1.82) is 0 Å². The zero-order chi connectivity index (χ0) is 14.7. The van der Waals surface area contributed by atoms with Crippen molar-refractivity contribution in [3.05, 3.63) is 45.3 Å². The van der Waals surface area contributed by atoms with Crippen LogP contribution in [-0.2, 0) is 4.74 Å². The summed E-state index contributed by atoms with van der Waals surface area (Å²) in [5.74, 6) is -0.476. The van der Waals surface area contributed by atoms with Gasteiger partial charge in [0.1, 0.15) is 9.88 Å². The van der Waals surface area contributed by atoms with E-state index in [1.165, 1.54) is 13.2 Å². The molecule has 0 unspecified atom stereocenters. The number of hydrogen-bond donors (Lipinski definition) is 1. The Labute approximate surface area is 122 Å². The minimum absolute atomic E-state index is 0.00252. The lowest BCUT2D eigenvalue weighted by Gasteiger charge is -2.01. The molecule has 104 valence electrons. The Morgan fingerprint density at radius 1 is 1.40 bits per heavy atom. The third-order valence-electron chi connectivity index (χ3n) is 2.39. The van der Waals surface area contributed by atoms with Gasteiger partial charge in [-0.05, 0) is 12.1 Å². The number of ether oxygens (including phenoxy) is 1. The van der Waals surface area contributed by atoms with Crippen molar-refractivity contribution in [3.8, 4) is 0 Å². The molecule has 20 heavy (non-hydrogen) atoms. The van der Waals surface area contributed by atoms with Gasteiger partial charge in [-0.1, -0.05) is 23.9 Å². The predicted molar refractivity (Wildman–Crippen MR) is 77.3 cm³/mol. The zero-order valence-electron chi connectivity index (χ0n) is 10.4. The number of thiophene rings is 1. The standard InChI is InChI=1S/C12H10N2O4S2/c1-18-12(15)10-6-9(11(13)20-10)19-8-5-3-2-4-7(8)14(16)17/h2-6H,13H2,1H3. The maximum Gasteiger partial charge on any atom is 0.348 e. The lowest BCUT2D eigenvalue weighted by atomic mass is 10.3. The van der Waals surface area contributed by atoms with Crippen LogP contribution in [0.5, 0.6) is 0 Å². The van der Waals surface area contributed by atoms with Crippen LogP contribution in [0.2, 0.25) is 0 Å². The summed E-state index contributed by atoms with van der Waals surface area (Å²) < 4.78 is 4.62. The molecule has 1 aromatic heterocycles. The molecule has 0 fully saturated rings. The first-order chi connectivity index (χ1) is 9.52. The van der Waals surface area contributed by atoms with Crippen molar-refractivity contribution in [1.82, 2.24) is 0 Å². The van der Waals surface area contributed by atoms with E-state index in [2.05, 4.69) is 4.74 Å². The largest absolute Gasteiger partial charge is 0.465 e. The molecule has 1 aromatic carbocycles. The van der Waals surface area contributed by atoms with Gasteiger partial charge in [0.2, 0.25) is 0 Å². The lowest BCUT2D eigenvalue weighted by Crippen LogP contribution is -1.96. The van der Waals surface area contributed by atoms with Crippen LogP contribution in [0.1, 0.15) is 9.67 Å². The molecule has 0 spiro atoms. The van der Waals surface area contributed by atoms with Gasteiger partial charge in [0.15, 0.2) is 0 Å². The highest BCUT2D eigenvalue weighted by molar-refractivity contribution is 7.99. The number of nitro groups is 1. The second kappa shape index (κ2) is 5.93. The SMILES string of the molecule is COC(=O)c1cc(Sc2ccccc2[N+](=O)[O-])c(N)s1. The van der Waals surface area contributed by atoms with Crippen LogP contribution in [-0.4, -0.2) is 18.0 Å². The van der Waals surface area contributed by atoms with Crippen molar-refractivity contribution < 1.29 is 14.5 Å². The Morgan fingerprint density at radius 3 is 2.75 bits per heavy atom. The van der Waals surface area contributed by atoms with Gasteiger partial charge in [0.25, 0.3) is 5.69 Å². The maximum atomic E-state index is 11.4.